The number of hydrogen-bond donors (Lipinski definition) is 0. The van der Waals surface area contributed by atoms with Gasteiger partial charge >= 0.3 is 0 Å². The quantitative estimate of drug-likeness (QED) is 0.426. The maximum absolute atomic E-state index is 6.53. The average molecular weight is 262 g/mol. The molecule has 1 saturated carbocycles. The molecule has 1 aliphatic heterocycles. The summed E-state index contributed by atoms with van der Waals surface area (Å²) in [7, 11) is 0.201. The normalized spacial score (nSPS) is 29.4. The summed E-state index contributed by atoms with van der Waals surface area (Å²) in [6.07, 6.45) is 8.96. The fourth-order valence-electron chi connectivity index (χ4n) is 3.05. The fraction of sp³-hybridized carbons (Fsp3) is 1.00. The van der Waals surface area contributed by atoms with Crippen LogP contribution in [0.2, 0.25) is 17.6 Å². The Morgan fingerprint density at radius 3 is 2.73 bits per heavy atom. The predicted octanol–water partition coefficient (Wildman–Crippen LogP) is 2.10. The molecule has 1 heterocycles. The van der Waals surface area contributed by atoms with Crippen molar-refractivity contribution in [2.45, 2.75) is 61.7 Å². The zero-order valence-corrected chi connectivity index (χ0v) is 13.3. The van der Waals surface area contributed by atoms with Crippen molar-refractivity contribution in [1.29, 1.82) is 0 Å². The van der Waals surface area contributed by atoms with Crippen molar-refractivity contribution in [1.82, 2.24) is 4.57 Å². The minimum atomic E-state index is 0.0568. The van der Waals surface area contributed by atoms with Crippen LogP contribution in [0.25, 0.3) is 0 Å². The third-order valence-corrected chi connectivity index (χ3v) is 9.83. The average Bonchev–Trinajstić information content (AvgIpc) is 2.80. The van der Waals surface area contributed by atoms with Crippen LogP contribution in [0.5, 0.6) is 0 Å². The molecule has 2 aliphatic rings. The number of nitrogens with zero attached hydrogens (tertiary/aromatic N) is 1. The summed E-state index contributed by atoms with van der Waals surface area (Å²) < 4.78 is 2.66. The van der Waals surface area contributed by atoms with Gasteiger partial charge in [0.05, 0.1) is 15.2 Å². The Morgan fingerprint density at radius 2 is 2.07 bits per heavy atom. The first-order valence-corrected chi connectivity index (χ1v) is 10.6. The Bertz CT molecular complexity index is 179. The molecule has 1 aliphatic carbocycles. The van der Waals surface area contributed by atoms with Crippen molar-refractivity contribution in [2.24, 2.45) is 0 Å². The second-order valence-corrected chi connectivity index (χ2v) is 10.0. The van der Waals surface area contributed by atoms with Crippen LogP contribution in [0.15, 0.2) is 0 Å². The summed E-state index contributed by atoms with van der Waals surface area (Å²) in [4.78, 5) is 0. The number of alkyl halides is 1. The van der Waals surface area contributed by atoms with Gasteiger partial charge in [-0.15, -0.1) is 11.6 Å². The second-order valence-electron chi connectivity index (χ2n) is 5.26. The highest BCUT2D eigenvalue weighted by molar-refractivity contribution is 6.42. The first kappa shape index (κ1) is 12.1. The largest absolute Gasteiger partial charge is 0.315 e. The molecule has 0 spiro atoms. The number of rotatable bonds is 4. The van der Waals surface area contributed by atoms with Crippen LogP contribution in [0.3, 0.4) is 0 Å². The molecule has 15 heavy (non-hydrogen) atoms. The Kier molecular flexibility index (Phi) is 5.21. The highest BCUT2D eigenvalue weighted by Crippen LogP contribution is 2.31. The predicted molar refractivity (Wildman–Crippen MR) is 74.5 cm³/mol. The monoisotopic (exact) mass is 261 g/mol. The molecule has 0 aromatic heterocycles. The van der Waals surface area contributed by atoms with Crippen molar-refractivity contribution in [2.75, 3.05) is 6.54 Å². The van der Waals surface area contributed by atoms with E-state index in [0.29, 0.717) is 5.50 Å². The van der Waals surface area contributed by atoms with E-state index in [1.165, 1.54) is 57.2 Å². The lowest BCUT2D eigenvalue weighted by atomic mass is 10.3. The van der Waals surface area contributed by atoms with Crippen LogP contribution < -0.4 is 0 Å². The van der Waals surface area contributed by atoms with E-state index in [1.807, 2.05) is 0 Å². The van der Waals surface area contributed by atoms with Crippen LogP contribution in [0, 0.1) is 0 Å². The summed E-state index contributed by atoms with van der Waals surface area (Å²) in [6, 6.07) is 2.90. The van der Waals surface area contributed by atoms with E-state index < -0.39 is 0 Å². The van der Waals surface area contributed by atoms with Crippen molar-refractivity contribution < 1.29 is 0 Å². The van der Waals surface area contributed by atoms with Gasteiger partial charge in [0.25, 0.3) is 0 Å². The third-order valence-electron chi connectivity index (χ3n) is 4.07. The minimum absolute atomic E-state index is 0.0568. The van der Waals surface area contributed by atoms with Crippen molar-refractivity contribution in [3.63, 3.8) is 0 Å². The van der Waals surface area contributed by atoms with Gasteiger partial charge in [-0.1, -0.05) is 37.6 Å². The summed E-state index contributed by atoms with van der Waals surface area (Å²) in [6.45, 7) is 1.32. The highest BCUT2D eigenvalue weighted by Gasteiger charge is 2.21. The summed E-state index contributed by atoms with van der Waals surface area (Å²) in [5, 5.41) is 0. The molecule has 2 fully saturated rings. The second kappa shape index (κ2) is 6.43. The van der Waals surface area contributed by atoms with Gasteiger partial charge in [0.2, 0.25) is 0 Å². The molecule has 4 heteroatoms. The molecular formula is C11H24ClNSi2. The Hall–Kier alpha value is 0.684. The van der Waals surface area contributed by atoms with E-state index in [4.69, 9.17) is 11.6 Å². The van der Waals surface area contributed by atoms with Gasteiger partial charge in [-0.2, -0.15) is 0 Å². The molecule has 1 atom stereocenters. The topological polar surface area (TPSA) is 3.24 Å². The van der Waals surface area contributed by atoms with Gasteiger partial charge < -0.3 is 4.57 Å². The molecular weight excluding hydrogens is 238 g/mol. The first-order chi connectivity index (χ1) is 7.36. The summed E-state index contributed by atoms with van der Waals surface area (Å²) >= 11 is 6.53. The van der Waals surface area contributed by atoms with E-state index in [-0.39, 0.29) is 19.2 Å². The third kappa shape index (κ3) is 3.88. The van der Waals surface area contributed by atoms with Gasteiger partial charge in [0.1, 0.15) is 0 Å². The van der Waals surface area contributed by atoms with E-state index in [9.17, 15) is 0 Å². The van der Waals surface area contributed by atoms with Gasteiger partial charge in [0, 0.05) is 9.52 Å². The zero-order chi connectivity index (χ0) is 10.5. The molecule has 2 rings (SSSR count). The molecule has 0 amide bonds. The molecule has 1 saturated heterocycles. The first-order valence-electron chi connectivity index (χ1n) is 6.74. The lowest BCUT2D eigenvalue weighted by molar-refractivity contribution is 0.396. The van der Waals surface area contributed by atoms with E-state index in [0.717, 1.165) is 5.54 Å². The molecule has 1 nitrogen and oxygen atoms in total. The highest BCUT2D eigenvalue weighted by atomic mass is 35.5. The van der Waals surface area contributed by atoms with E-state index >= 15 is 0 Å². The molecule has 0 N–H and O–H groups in total. The van der Waals surface area contributed by atoms with Gasteiger partial charge in [-0.3, -0.25) is 0 Å². The molecule has 88 valence electrons. The van der Waals surface area contributed by atoms with Crippen molar-refractivity contribution in [3.05, 3.63) is 0 Å². The van der Waals surface area contributed by atoms with Gasteiger partial charge in [-0.25, -0.2) is 0 Å². The zero-order valence-electron chi connectivity index (χ0n) is 9.76. The maximum Gasteiger partial charge on any atom is 0.0968 e. The van der Waals surface area contributed by atoms with Crippen LogP contribution >= 0.6 is 11.6 Å². The standard InChI is InChI=1S/C11H24ClNSi2/c12-11(13-7-3-4-8-15-13)9-14-10-5-1-2-6-10/h10-11H,1-9,14-15H2. The van der Waals surface area contributed by atoms with Gasteiger partial charge in [0.15, 0.2) is 0 Å². The SMILES string of the molecule is ClC(C[SiH2]C1CCCC1)N1CCCC[SiH2]1. The fourth-order valence-corrected chi connectivity index (χ4v) is 8.35. The molecule has 0 aromatic rings. The summed E-state index contributed by atoms with van der Waals surface area (Å²) in [5.41, 5.74) is 1.60. The lowest BCUT2D eigenvalue weighted by Gasteiger charge is -2.31. The van der Waals surface area contributed by atoms with Crippen LogP contribution in [0.4, 0.5) is 0 Å². The Labute approximate surface area is 104 Å². The van der Waals surface area contributed by atoms with Crippen molar-refractivity contribution in [3.8, 4) is 0 Å². The lowest BCUT2D eigenvalue weighted by Crippen LogP contribution is -2.38. The Balaban J connectivity index is 1.64. The van der Waals surface area contributed by atoms with E-state index in [2.05, 4.69) is 4.57 Å². The molecule has 0 aromatic carbocycles. The molecule has 0 bridgehead atoms. The molecule has 1 unspecified atom stereocenters. The van der Waals surface area contributed by atoms with Crippen molar-refractivity contribution >= 4 is 30.8 Å². The minimum Gasteiger partial charge on any atom is -0.315 e. The van der Waals surface area contributed by atoms with E-state index in [1.54, 1.807) is 0 Å². The smallest absolute Gasteiger partial charge is 0.0968 e. The number of hydrogen-bond acceptors (Lipinski definition) is 1. The molecule has 0 radical (unpaired) electrons. The van der Waals surface area contributed by atoms with Crippen LogP contribution in [-0.4, -0.2) is 35.8 Å². The Morgan fingerprint density at radius 1 is 1.27 bits per heavy atom. The van der Waals surface area contributed by atoms with Gasteiger partial charge in [-0.05, 0) is 25.1 Å². The maximum atomic E-state index is 6.53. The van der Waals surface area contributed by atoms with Crippen LogP contribution in [0.1, 0.15) is 38.5 Å². The summed E-state index contributed by atoms with van der Waals surface area (Å²) in [5.74, 6) is 0. The number of halogens is 1. The van der Waals surface area contributed by atoms with Crippen LogP contribution in [-0.2, 0) is 0 Å².